The minimum atomic E-state index is -0.533. The molecular weight excluding hydrogens is 346 g/mol. The molecule has 0 unspecified atom stereocenters. The molecule has 2 aromatic carbocycles. The van der Waals surface area contributed by atoms with Crippen molar-refractivity contribution < 1.29 is 9.53 Å². The molecule has 0 saturated carbocycles. The smallest absolute Gasteiger partial charge is 0.261 e. The highest BCUT2D eigenvalue weighted by atomic mass is 35.5. The van der Waals surface area contributed by atoms with Gasteiger partial charge in [-0.1, -0.05) is 62.7 Å². The molecule has 0 radical (unpaired) electrons. The van der Waals surface area contributed by atoms with E-state index in [4.69, 9.17) is 16.3 Å². The Bertz CT molecular complexity index is 715. The Morgan fingerprint density at radius 3 is 2.42 bits per heavy atom. The lowest BCUT2D eigenvalue weighted by atomic mass is 9.96. The van der Waals surface area contributed by atoms with Crippen molar-refractivity contribution >= 4 is 17.5 Å². The van der Waals surface area contributed by atoms with Crippen molar-refractivity contribution in [3.05, 3.63) is 64.7 Å². The van der Waals surface area contributed by atoms with Crippen LogP contribution in [-0.4, -0.2) is 12.0 Å². The molecule has 0 saturated heterocycles. The summed E-state index contributed by atoms with van der Waals surface area (Å²) in [4.78, 5) is 12.8. The third-order valence-corrected chi connectivity index (χ3v) is 4.72. The van der Waals surface area contributed by atoms with Gasteiger partial charge in [-0.2, -0.15) is 0 Å². The molecule has 140 valence electrons. The Morgan fingerprint density at radius 1 is 1.15 bits per heavy atom. The lowest BCUT2D eigenvalue weighted by Gasteiger charge is -2.24. The monoisotopic (exact) mass is 373 g/mol. The number of benzene rings is 2. The van der Waals surface area contributed by atoms with Gasteiger partial charge in [0.25, 0.3) is 5.91 Å². The minimum Gasteiger partial charge on any atom is -0.481 e. The van der Waals surface area contributed by atoms with Crippen LogP contribution in [0.2, 0.25) is 5.02 Å². The summed E-state index contributed by atoms with van der Waals surface area (Å²) in [6, 6.07) is 15.5. The van der Waals surface area contributed by atoms with Crippen LogP contribution in [0.25, 0.3) is 0 Å². The van der Waals surface area contributed by atoms with Gasteiger partial charge in [-0.3, -0.25) is 4.79 Å². The third-order valence-electron chi connectivity index (χ3n) is 4.30. The zero-order valence-corrected chi connectivity index (χ0v) is 16.7. The molecule has 0 aliphatic rings. The number of hydrogen-bond acceptors (Lipinski definition) is 2. The zero-order chi connectivity index (χ0) is 19.1. The van der Waals surface area contributed by atoms with Crippen molar-refractivity contribution in [1.29, 1.82) is 0 Å². The maximum atomic E-state index is 12.8. The highest BCUT2D eigenvalue weighted by molar-refractivity contribution is 6.31. The number of ether oxygens (including phenoxy) is 1. The lowest BCUT2D eigenvalue weighted by molar-refractivity contribution is -0.129. The standard InChI is InChI=1S/C22H28ClNO2/c1-5-21(26-18-11-12-19(23)16(4)14-18)22(25)24-20(13-15(2)3)17-9-7-6-8-10-17/h6-12,14-15,20-21H,5,13H2,1-4H3,(H,24,25)/t20-,21-/m0/s1. The third kappa shape index (κ3) is 5.77. The number of carbonyl (C=O) groups excluding carboxylic acids is 1. The number of amides is 1. The van der Waals surface area contributed by atoms with Crippen molar-refractivity contribution in [1.82, 2.24) is 5.32 Å². The van der Waals surface area contributed by atoms with Crippen LogP contribution in [0.3, 0.4) is 0 Å². The maximum Gasteiger partial charge on any atom is 0.261 e. The van der Waals surface area contributed by atoms with Crippen LogP contribution >= 0.6 is 11.6 Å². The molecule has 26 heavy (non-hydrogen) atoms. The van der Waals surface area contributed by atoms with E-state index in [0.29, 0.717) is 23.1 Å². The predicted molar refractivity (Wildman–Crippen MR) is 108 cm³/mol. The summed E-state index contributed by atoms with van der Waals surface area (Å²) in [7, 11) is 0. The maximum absolute atomic E-state index is 12.8. The van der Waals surface area contributed by atoms with Crippen LogP contribution < -0.4 is 10.1 Å². The summed E-state index contributed by atoms with van der Waals surface area (Å²) in [5.74, 6) is 1.05. The molecular formula is C22H28ClNO2. The predicted octanol–water partition coefficient (Wildman–Crippen LogP) is 5.71. The van der Waals surface area contributed by atoms with Crippen molar-refractivity contribution in [2.75, 3.05) is 0 Å². The molecule has 2 aromatic rings. The summed E-state index contributed by atoms with van der Waals surface area (Å²) in [5.41, 5.74) is 2.05. The van der Waals surface area contributed by atoms with Crippen LogP contribution in [0.1, 0.15) is 50.8 Å². The van der Waals surface area contributed by atoms with E-state index >= 15 is 0 Å². The topological polar surface area (TPSA) is 38.3 Å². The second kappa shape index (κ2) is 9.63. The van der Waals surface area contributed by atoms with Crippen LogP contribution in [0.5, 0.6) is 5.75 Å². The SMILES string of the molecule is CC[C@H](Oc1ccc(Cl)c(C)c1)C(=O)N[C@@H](CC(C)C)c1ccccc1. The highest BCUT2D eigenvalue weighted by Gasteiger charge is 2.23. The van der Waals surface area contributed by atoms with Crippen LogP contribution in [0, 0.1) is 12.8 Å². The number of halogens is 1. The van der Waals surface area contributed by atoms with E-state index in [0.717, 1.165) is 17.5 Å². The van der Waals surface area contributed by atoms with Gasteiger partial charge in [-0.05, 0) is 55.0 Å². The molecule has 2 atom stereocenters. The summed E-state index contributed by atoms with van der Waals surface area (Å²) >= 11 is 6.06. The number of aryl methyl sites for hydroxylation is 1. The molecule has 0 aromatic heterocycles. The molecule has 1 N–H and O–H groups in total. The average molecular weight is 374 g/mol. The summed E-state index contributed by atoms with van der Waals surface area (Å²) in [6.07, 6.45) is 0.942. The van der Waals surface area contributed by atoms with Gasteiger partial charge in [0.1, 0.15) is 5.75 Å². The molecule has 0 fully saturated rings. The molecule has 0 aliphatic carbocycles. The van der Waals surface area contributed by atoms with Gasteiger partial charge >= 0.3 is 0 Å². The van der Waals surface area contributed by atoms with Crippen molar-refractivity contribution in [2.24, 2.45) is 5.92 Å². The van der Waals surface area contributed by atoms with E-state index in [2.05, 4.69) is 31.3 Å². The molecule has 0 spiro atoms. The van der Waals surface area contributed by atoms with E-state index in [1.165, 1.54) is 0 Å². The van der Waals surface area contributed by atoms with E-state index in [9.17, 15) is 4.79 Å². The number of nitrogens with one attached hydrogen (secondary N) is 1. The van der Waals surface area contributed by atoms with Crippen LogP contribution in [0.15, 0.2) is 48.5 Å². The van der Waals surface area contributed by atoms with Gasteiger partial charge in [0.2, 0.25) is 0 Å². The van der Waals surface area contributed by atoms with Gasteiger partial charge in [0, 0.05) is 5.02 Å². The Morgan fingerprint density at radius 2 is 1.85 bits per heavy atom. The molecule has 2 rings (SSSR count). The van der Waals surface area contributed by atoms with Crippen LogP contribution in [0.4, 0.5) is 0 Å². The number of rotatable bonds is 8. The fourth-order valence-corrected chi connectivity index (χ4v) is 2.99. The second-order valence-corrected chi connectivity index (χ2v) is 7.43. The minimum absolute atomic E-state index is 0.0201. The van der Waals surface area contributed by atoms with E-state index in [1.807, 2.05) is 38.1 Å². The van der Waals surface area contributed by atoms with Gasteiger partial charge in [0.15, 0.2) is 6.10 Å². The molecule has 0 heterocycles. The van der Waals surface area contributed by atoms with E-state index in [1.54, 1.807) is 12.1 Å². The fourth-order valence-electron chi connectivity index (χ4n) is 2.88. The first kappa shape index (κ1) is 20.3. The molecule has 0 aliphatic heterocycles. The highest BCUT2D eigenvalue weighted by Crippen LogP contribution is 2.24. The van der Waals surface area contributed by atoms with Crippen molar-refractivity contribution in [3.63, 3.8) is 0 Å². The quantitative estimate of drug-likeness (QED) is 0.643. The Kier molecular flexibility index (Phi) is 7.52. The molecule has 0 bridgehead atoms. The van der Waals surface area contributed by atoms with Gasteiger partial charge in [-0.15, -0.1) is 0 Å². The van der Waals surface area contributed by atoms with Gasteiger partial charge in [0.05, 0.1) is 6.04 Å². The number of carbonyl (C=O) groups is 1. The summed E-state index contributed by atoms with van der Waals surface area (Å²) < 4.78 is 5.93. The zero-order valence-electron chi connectivity index (χ0n) is 16.0. The van der Waals surface area contributed by atoms with Crippen molar-refractivity contribution in [2.45, 2.75) is 52.7 Å². The molecule has 3 nitrogen and oxygen atoms in total. The molecule has 1 amide bonds. The number of hydrogen-bond donors (Lipinski definition) is 1. The Labute approximate surface area is 161 Å². The fraction of sp³-hybridized carbons (Fsp3) is 0.409. The van der Waals surface area contributed by atoms with Gasteiger partial charge < -0.3 is 10.1 Å². The Hall–Kier alpha value is -2.00. The first-order valence-corrected chi connectivity index (χ1v) is 9.56. The average Bonchev–Trinajstić information content (AvgIpc) is 2.62. The van der Waals surface area contributed by atoms with Gasteiger partial charge in [-0.25, -0.2) is 0 Å². The normalized spacial score (nSPS) is 13.3. The summed E-state index contributed by atoms with van der Waals surface area (Å²) in [5, 5.41) is 3.86. The largest absolute Gasteiger partial charge is 0.481 e. The van der Waals surface area contributed by atoms with E-state index in [-0.39, 0.29) is 11.9 Å². The second-order valence-electron chi connectivity index (χ2n) is 7.03. The first-order valence-electron chi connectivity index (χ1n) is 9.18. The lowest BCUT2D eigenvalue weighted by Crippen LogP contribution is -2.40. The summed E-state index contributed by atoms with van der Waals surface area (Å²) in [6.45, 7) is 8.19. The van der Waals surface area contributed by atoms with E-state index < -0.39 is 6.10 Å². The van der Waals surface area contributed by atoms with Crippen LogP contribution in [-0.2, 0) is 4.79 Å². The first-order chi connectivity index (χ1) is 12.4. The Balaban J connectivity index is 2.11. The molecule has 4 heteroatoms. The van der Waals surface area contributed by atoms with Crippen molar-refractivity contribution in [3.8, 4) is 5.75 Å².